The lowest BCUT2D eigenvalue weighted by atomic mass is 10.1. The van der Waals surface area contributed by atoms with Crippen molar-refractivity contribution in [2.24, 2.45) is 7.05 Å². The van der Waals surface area contributed by atoms with Gasteiger partial charge in [0.05, 0.1) is 25.3 Å². The number of ether oxygens (including phenoxy) is 3. The smallest absolute Gasteiger partial charge is 0.297 e. The number of rotatable bonds is 14. The molecule has 0 amide bonds. The summed E-state index contributed by atoms with van der Waals surface area (Å²) in [5.74, 6) is 1.66. The number of nitrogens with zero attached hydrogens (tertiary/aromatic N) is 1. The molecule has 0 unspecified atom stereocenters. The monoisotopic (exact) mass is 403 g/mol. The largest absolute Gasteiger partial charge is 0.494 e. The third-order valence-electron chi connectivity index (χ3n) is 5.04. The van der Waals surface area contributed by atoms with Gasteiger partial charge in [-0.1, -0.05) is 52.9 Å². The van der Waals surface area contributed by atoms with Crippen LogP contribution < -0.4 is 19.8 Å². The first-order valence-electron chi connectivity index (χ1n) is 11.2. The molecule has 5 nitrogen and oxygen atoms in total. The maximum atomic E-state index is 13.0. The minimum absolute atomic E-state index is 0.164. The minimum Gasteiger partial charge on any atom is -0.494 e. The number of hydrogen-bond donors (Lipinski definition) is 0. The van der Waals surface area contributed by atoms with E-state index in [0.29, 0.717) is 31.3 Å². The zero-order valence-electron chi connectivity index (χ0n) is 18.6. The van der Waals surface area contributed by atoms with Gasteiger partial charge in [-0.15, -0.1) is 0 Å². The highest BCUT2D eigenvalue weighted by atomic mass is 16.5. The molecule has 0 saturated carbocycles. The Morgan fingerprint density at radius 1 is 0.759 bits per heavy atom. The maximum Gasteiger partial charge on any atom is 0.297 e. The first-order chi connectivity index (χ1) is 14.1. The maximum absolute atomic E-state index is 13.0. The van der Waals surface area contributed by atoms with Crippen molar-refractivity contribution in [3.63, 3.8) is 0 Å². The second-order valence-electron chi connectivity index (χ2n) is 7.51. The fourth-order valence-corrected chi connectivity index (χ4v) is 3.18. The van der Waals surface area contributed by atoms with Crippen molar-refractivity contribution in [3.8, 4) is 17.2 Å². The molecule has 0 aliphatic heterocycles. The zero-order chi connectivity index (χ0) is 21.1. The van der Waals surface area contributed by atoms with Crippen LogP contribution >= 0.6 is 0 Å². The summed E-state index contributed by atoms with van der Waals surface area (Å²) in [6.07, 6.45) is 8.48. The Kier molecular flexibility index (Phi) is 9.89. The molecule has 2 rings (SSSR count). The molecule has 0 radical (unpaired) electrons. The molecule has 1 heterocycles. The Morgan fingerprint density at radius 3 is 2.07 bits per heavy atom. The van der Waals surface area contributed by atoms with Crippen LogP contribution in [0.2, 0.25) is 0 Å². The topological polar surface area (TPSA) is 49.7 Å². The van der Waals surface area contributed by atoms with E-state index < -0.39 is 0 Å². The number of fused-ring (bicyclic) bond motifs is 1. The van der Waals surface area contributed by atoms with Crippen molar-refractivity contribution in [3.05, 3.63) is 28.6 Å². The van der Waals surface area contributed by atoms with Crippen LogP contribution in [0, 0.1) is 0 Å². The Morgan fingerprint density at radius 2 is 1.38 bits per heavy atom. The summed E-state index contributed by atoms with van der Waals surface area (Å²) in [6.45, 7) is 8.21. The van der Waals surface area contributed by atoms with E-state index >= 15 is 0 Å². The molecule has 0 atom stereocenters. The van der Waals surface area contributed by atoms with Gasteiger partial charge >= 0.3 is 0 Å². The van der Waals surface area contributed by atoms with E-state index in [9.17, 15) is 4.79 Å². The standard InChI is InChI=1S/C24H37NO4/c1-5-8-11-12-17-28-22-20-14-13-19(27-15-9-6-2)18-21(20)25(4)24(26)23(22)29-16-10-7-3/h13-14,18H,5-12,15-17H2,1-4H3. The summed E-state index contributed by atoms with van der Waals surface area (Å²) in [4.78, 5) is 13.0. The summed E-state index contributed by atoms with van der Waals surface area (Å²) in [5.41, 5.74) is 0.637. The Labute approximate surface area is 175 Å². The van der Waals surface area contributed by atoms with Crippen molar-refractivity contribution < 1.29 is 14.2 Å². The second-order valence-corrected chi connectivity index (χ2v) is 7.51. The van der Waals surface area contributed by atoms with E-state index in [0.717, 1.165) is 55.2 Å². The van der Waals surface area contributed by atoms with Crippen LogP contribution in [-0.4, -0.2) is 24.4 Å². The lowest BCUT2D eigenvalue weighted by Crippen LogP contribution is -2.21. The average molecular weight is 404 g/mol. The highest BCUT2D eigenvalue weighted by molar-refractivity contribution is 5.89. The number of pyridine rings is 1. The normalized spacial score (nSPS) is 11.0. The first kappa shape index (κ1) is 23.1. The highest BCUT2D eigenvalue weighted by Crippen LogP contribution is 2.34. The number of hydrogen-bond acceptors (Lipinski definition) is 4. The van der Waals surface area contributed by atoms with E-state index in [2.05, 4.69) is 20.8 Å². The van der Waals surface area contributed by atoms with Gasteiger partial charge in [0.1, 0.15) is 5.75 Å². The Bertz CT molecular complexity index is 813. The number of aromatic nitrogens is 1. The lowest BCUT2D eigenvalue weighted by molar-refractivity contribution is 0.259. The lowest BCUT2D eigenvalue weighted by Gasteiger charge is -2.17. The van der Waals surface area contributed by atoms with Gasteiger partial charge in [-0.3, -0.25) is 4.79 Å². The number of unbranched alkanes of at least 4 members (excludes halogenated alkanes) is 5. The zero-order valence-corrected chi connectivity index (χ0v) is 18.6. The quantitative estimate of drug-likeness (QED) is 0.371. The van der Waals surface area contributed by atoms with Crippen molar-refractivity contribution in [1.82, 2.24) is 4.57 Å². The third-order valence-corrected chi connectivity index (χ3v) is 5.04. The van der Waals surface area contributed by atoms with Crippen molar-refractivity contribution in [1.29, 1.82) is 0 Å². The van der Waals surface area contributed by atoms with Gasteiger partial charge in [-0.2, -0.15) is 0 Å². The van der Waals surface area contributed by atoms with E-state index in [1.165, 1.54) is 12.8 Å². The molecule has 0 N–H and O–H groups in total. The van der Waals surface area contributed by atoms with Gasteiger partial charge in [-0.05, 0) is 31.4 Å². The molecule has 162 valence electrons. The summed E-state index contributed by atoms with van der Waals surface area (Å²) in [5, 5.41) is 0.886. The summed E-state index contributed by atoms with van der Waals surface area (Å²) in [7, 11) is 1.78. The van der Waals surface area contributed by atoms with Crippen LogP contribution in [0.1, 0.15) is 72.1 Å². The third kappa shape index (κ3) is 6.41. The molecule has 0 spiro atoms. The van der Waals surface area contributed by atoms with Crippen LogP contribution in [-0.2, 0) is 7.05 Å². The molecule has 0 fully saturated rings. The van der Waals surface area contributed by atoms with Gasteiger partial charge in [0.2, 0.25) is 5.75 Å². The highest BCUT2D eigenvalue weighted by Gasteiger charge is 2.19. The fourth-order valence-electron chi connectivity index (χ4n) is 3.18. The van der Waals surface area contributed by atoms with E-state index in [4.69, 9.17) is 14.2 Å². The summed E-state index contributed by atoms with van der Waals surface area (Å²) >= 11 is 0. The second kappa shape index (κ2) is 12.4. The van der Waals surface area contributed by atoms with Crippen LogP contribution in [0.25, 0.3) is 10.9 Å². The van der Waals surface area contributed by atoms with Crippen molar-refractivity contribution >= 4 is 10.9 Å². The average Bonchev–Trinajstić information content (AvgIpc) is 2.73. The molecule has 0 aliphatic rings. The summed E-state index contributed by atoms with van der Waals surface area (Å²) < 4.78 is 19.5. The van der Waals surface area contributed by atoms with E-state index in [1.807, 2.05) is 18.2 Å². The molecule has 0 aliphatic carbocycles. The Hall–Kier alpha value is -2.17. The van der Waals surface area contributed by atoms with E-state index in [1.54, 1.807) is 11.6 Å². The predicted octanol–water partition coefficient (Wildman–Crippen LogP) is 5.86. The fraction of sp³-hybridized carbons (Fsp3) is 0.625. The van der Waals surface area contributed by atoms with Crippen LogP contribution in [0.3, 0.4) is 0 Å². The van der Waals surface area contributed by atoms with Gasteiger partial charge in [-0.25, -0.2) is 0 Å². The molecular weight excluding hydrogens is 366 g/mol. The molecule has 1 aromatic carbocycles. The van der Waals surface area contributed by atoms with Gasteiger partial charge in [0.25, 0.3) is 5.56 Å². The first-order valence-corrected chi connectivity index (χ1v) is 11.2. The van der Waals surface area contributed by atoms with Gasteiger partial charge < -0.3 is 18.8 Å². The van der Waals surface area contributed by atoms with Gasteiger partial charge in [0, 0.05) is 18.5 Å². The number of benzene rings is 1. The number of aryl methyl sites for hydroxylation is 1. The molecule has 0 bridgehead atoms. The summed E-state index contributed by atoms with van der Waals surface area (Å²) in [6, 6.07) is 5.85. The van der Waals surface area contributed by atoms with Gasteiger partial charge in [0.15, 0.2) is 5.75 Å². The van der Waals surface area contributed by atoms with Crippen molar-refractivity contribution in [2.45, 2.75) is 72.1 Å². The molecular formula is C24H37NO4. The molecule has 5 heteroatoms. The van der Waals surface area contributed by atoms with Crippen LogP contribution in [0.5, 0.6) is 17.2 Å². The molecule has 0 saturated heterocycles. The molecule has 1 aromatic heterocycles. The molecule has 29 heavy (non-hydrogen) atoms. The Balaban J connectivity index is 2.37. The predicted molar refractivity (Wildman–Crippen MR) is 120 cm³/mol. The van der Waals surface area contributed by atoms with Crippen LogP contribution in [0.4, 0.5) is 0 Å². The SMILES string of the molecule is CCCCCCOc1c(OCCCC)c(=O)n(C)c2cc(OCCCC)ccc12. The van der Waals surface area contributed by atoms with E-state index in [-0.39, 0.29) is 5.56 Å². The molecule has 2 aromatic rings. The van der Waals surface area contributed by atoms with Crippen LogP contribution in [0.15, 0.2) is 23.0 Å². The minimum atomic E-state index is -0.164. The van der Waals surface area contributed by atoms with Crippen molar-refractivity contribution in [2.75, 3.05) is 19.8 Å².